The summed E-state index contributed by atoms with van der Waals surface area (Å²) in [5.41, 5.74) is -5.07. The SMILES string of the molecule is CCCCCCCCCCCCCCCCCCOC(CBr)O[C@@H](C(=O)O[C@H]1C[C@@]2(O)[C@@H](OC(=O)c3ccccc3)[C@@H]3[C@]4(OC(C)=O)CO[C@@H]4C[C@H](O)[C@@]3(C)C(=O)[C@H](C)C(=C1C)C2(C)C)[C@@H](NC(=O)c1ccccc1)c1ccccc1. The van der Waals surface area contributed by atoms with E-state index < -0.39 is 106 Å². The molecule has 1 heterocycles. The molecule has 444 valence electrons. The first kappa shape index (κ1) is 63.8. The summed E-state index contributed by atoms with van der Waals surface area (Å²) in [5.74, 6) is -5.73. The van der Waals surface area contributed by atoms with Gasteiger partial charge in [0.15, 0.2) is 18.0 Å². The fraction of sp³-hybridized carbons (Fsp3) is 0.621. The van der Waals surface area contributed by atoms with Crippen molar-refractivity contribution in [3.8, 4) is 0 Å². The van der Waals surface area contributed by atoms with E-state index in [9.17, 15) is 24.6 Å². The molecule has 1 saturated heterocycles. The largest absolute Gasteiger partial charge is 0.456 e. The van der Waals surface area contributed by atoms with Gasteiger partial charge in [0.05, 0.1) is 41.0 Å². The van der Waals surface area contributed by atoms with Gasteiger partial charge in [0.1, 0.15) is 29.7 Å². The van der Waals surface area contributed by atoms with Crippen molar-refractivity contribution in [3.05, 3.63) is 119 Å². The van der Waals surface area contributed by atoms with Crippen molar-refractivity contribution < 1.29 is 62.6 Å². The van der Waals surface area contributed by atoms with E-state index in [1.807, 2.05) is 6.07 Å². The van der Waals surface area contributed by atoms with Gasteiger partial charge < -0.3 is 44.0 Å². The highest BCUT2D eigenvalue weighted by Crippen LogP contribution is 2.65. The quantitative estimate of drug-likeness (QED) is 0.0143. The number of hydrogen-bond donors (Lipinski definition) is 3. The number of benzene rings is 3. The molecule has 1 unspecified atom stereocenters. The third-order valence-electron chi connectivity index (χ3n) is 18.2. The number of unbranched alkanes of at least 4 members (excludes halogenated alkanes) is 15. The molecule has 3 N–H and O–H groups in total. The maximum Gasteiger partial charge on any atom is 0.338 e. The number of esters is 3. The smallest absolute Gasteiger partial charge is 0.338 e. The summed E-state index contributed by atoms with van der Waals surface area (Å²) in [5, 5.41) is 29.5. The van der Waals surface area contributed by atoms with Crippen molar-refractivity contribution in [2.45, 2.75) is 218 Å². The number of alkyl halides is 1. The zero-order chi connectivity index (χ0) is 58.4. The molecule has 0 spiro atoms. The van der Waals surface area contributed by atoms with E-state index in [2.05, 4.69) is 28.2 Å². The van der Waals surface area contributed by atoms with Crippen LogP contribution in [-0.2, 0) is 42.8 Å². The minimum absolute atomic E-state index is 0.0679. The molecule has 1 aliphatic heterocycles. The van der Waals surface area contributed by atoms with E-state index in [-0.39, 0.29) is 30.3 Å². The lowest BCUT2D eigenvalue weighted by Crippen LogP contribution is -2.81. The Bertz CT molecular complexity index is 2580. The fourth-order valence-corrected chi connectivity index (χ4v) is 14.0. The molecule has 0 aromatic heterocycles. The number of Topliss-reactive ketones (excluding diaryl/α,β-unsaturated/α-hetero) is 1. The molecule has 3 aromatic carbocycles. The average Bonchev–Trinajstić information content (AvgIpc) is 0.981. The Balaban J connectivity index is 1.17. The molecule has 81 heavy (non-hydrogen) atoms. The number of ether oxygens (including phenoxy) is 6. The molecule has 1 amide bonds. The number of ketones is 1. The molecule has 0 radical (unpaired) electrons. The van der Waals surface area contributed by atoms with Gasteiger partial charge in [-0.2, -0.15) is 0 Å². The van der Waals surface area contributed by atoms with Gasteiger partial charge in [-0.05, 0) is 61.2 Å². The second kappa shape index (κ2) is 29.2. The van der Waals surface area contributed by atoms with E-state index in [0.29, 0.717) is 28.9 Å². The topological polar surface area (TPSA) is 193 Å². The highest BCUT2D eigenvalue weighted by molar-refractivity contribution is 9.09. The van der Waals surface area contributed by atoms with Gasteiger partial charge in [0, 0.05) is 43.3 Å². The zero-order valence-electron chi connectivity index (χ0n) is 49.0. The second-order valence-electron chi connectivity index (χ2n) is 24.0. The van der Waals surface area contributed by atoms with Crippen LogP contribution in [0.1, 0.15) is 196 Å². The molecule has 4 aliphatic rings. The molecule has 12 atom stereocenters. The van der Waals surface area contributed by atoms with E-state index in [1.54, 1.807) is 120 Å². The van der Waals surface area contributed by atoms with Crippen LogP contribution in [0.2, 0.25) is 0 Å². The Morgan fingerprint density at radius 1 is 0.765 bits per heavy atom. The van der Waals surface area contributed by atoms with Gasteiger partial charge in [-0.3, -0.25) is 14.4 Å². The molecule has 15 heteroatoms. The molecule has 2 bridgehead atoms. The van der Waals surface area contributed by atoms with Crippen molar-refractivity contribution in [2.24, 2.45) is 22.7 Å². The molecule has 14 nitrogen and oxygen atoms in total. The third kappa shape index (κ3) is 14.4. The summed E-state index contributed by atoms with van der Waals surface area (Å²) < 4.78 is 38.6. The van der Waals surface area contributed by atoms with Crippen LogP contribution in [0.4, 0.5) is 0 Å². The van der Waals surface area contributed by atoms with Crippen LogP contribution in [-0.4, -0.2) is 106 Å². The number of hydrogen-bond acceptors (Lipinski definition) is 13. The Labute approximate surface area is 489 Å². The van der Waals surface area contributed by atoms with E-state index in [4.69, 9.17) is 28.4 Å². The highest BCUT2D eigenvalue weighted by atomic mass is 79.9. The Kier molecular flexibility index (Phi) is 23.0. The lowest BCUT2D eigenvalue weighted by atomic mass is 9.43. The molecular formula is C66H90BrNO13. The monoisotopic (exact) mass is 1180 g/mol. The van der Waals surface area contributed by atoms with Gasteiger partial charge in [0.2, 0.25) is 0 Å². The van der Waals surface area contributed by atoms with E-state index >= 15 is 9.59 Å². The highest BCUT2D eigenvalue weighted by Gasteiger charge is 2.77. The van der Waals surface area contributed by atoms with Gasteiger partial charge in [-0.1, -0.05) is 207 Å². The molecule has 3 aliphatic carbocycles. The Morgan fingerprint density at radius 3 is 1.81 bits per heavy atom. The van der Waals surface area contributed by atoms with Crippen molar-refractivity contribution >= 4 is 45.5 Å². The number of aliphatic hydroxyl groups is 2. The number of carbonyl (C=O) groups is 5. The minimum atomic E-state index is -2.20. The number of aliphatic hydroxyl groups excluding tert-OH is 1. The van der Waals surface area contributed by atoms with Gasteiger partial charge in [-0.25, -0.2) is 9.59 Å². The molecule has 2 saturated carbocycles. The van der Waals surface area contributed by atoms with Gasteiger partial charge >= 0.3 is 17.9 Å². The van der Waals surface area contributed by atoms with Crippen molar-refractivity contribution in [1.29, 1.82) is 0 Å². The number of nitrogens with one attached hydrogen (secondary N) is 1. The average molecular weight is 1190 g/mol. The summed E-state index contributed by atoms with van der Waals surface area (Å²) in [6.07, 6.45) is 11.5. The predicted octanol–water partition coefficient (Wildman–Crippen LogP) is 12.5. The van der Waals surface area contributed by atoms with Gasteiger partial charge in [0.25, 0.3) is 5.91 Å². The standard InChI is InChI=1S/C66H90BrNO13/c1-8-9-10-11-12-13-14-15-16-17-18-19-20-21-22-32-39-76-53(42-67)79-56(55(47-33-26-23-27-34-47)68-60(72)48-35-28-24-29-36-48)62(74)78-50-41-66(75)59(80-61(73)49-37-30-25-31-38-49)57-64(7,58(71)45(3)54(44(50)2)63(66,5)6)51(70)40-52-65(57,43-77-52)81-46(4)69/h23-31,33-38,45,50-53,55-57,59,70,75H,8-22,32,39-43H2,1-7H3,(H,68,72)/t45-,50+,51+,52-,53?,55+,56-,57+,59+,64-,65+,66-/m1/s1. The number of carbonyl (C=O) groups excluding carboxylic acids is 5. The van der Waals surface area contributed by atoms with Crippen LogP contribution in [0.5, 0.6) is 0 Å². The summed E-state index contributed by atoms with van der Waals surface area (Å²) in [7, 11) is 0. The first-order valence-electron chi connectivity index (χ1n) is 30.0. The molecule has 7 rings (SSSR count). The summed E-state index contributed by atoms with van der Waals surface area (Å²) in [6.45, 7) is 12.2. The fourth-order valence-electron chi connectivity index (χ4n) is 13.7. The van der Waals surface area contributed by atoms with Crippen LogP contribution in [0, 0.1) is 22.7 Å². The van der Waals surface area contributed by atoms with E-state index in [1.165, 1.54) is 84.0 Å². The van der Waals surface area contributed by atoms with Crippen molar-refractivity contribution in [1.82, 2.24) is 5.32 Å². The van der Waals surface area contributed by atoms with Crippen LogP contribution < -0.4 is 5.32 Å². The number of amides is 1. The number of rotatable bonds is 30. The lowest BCUT2D eigenvalue weighted by molar-refractivity contribution is -0.345. The molecular weight excluding hydrogens is 1090 g/mol. The Morgan fingerprint density at radius 2 is 1.30 bits per heavy atom. The Hall–Kier alpha value is -4.77. The molecule has 3 aromatic rings. The van der Waals surface area contributed by atoms with E-state index in [0.717, 1.165) is 25.7 Å². The molecule has 3 fully saturated rings. The predicted molar refractivity (Wildman–Crippen MR) is 313 cm³/mol. The van der Waals surface area contributed by atoms with Crippen LogP contribution in [0.3, 0.4) is 0 Å². The zero-order valence-corrected chi connectivity index (χ0v) is 50.6. The van der Waals surface area contributed by atoms with Gasteiger partial charge in [-0.15, -0.1) is 0 Å². The van der Waals surface area contributed by atoms with Crippen LogP contribution in [0.15, 0.2) is 102 Å². The summed E-state index contributed by atoms with van der Waals surface area (Å²) in [6, 6.07) is 24.6. The van der Waals surface area contributed by atoms with Crippen molar-refractivity contribution in [3.63, 3.8) is 0 Å². The lowest BCUT2D eigenvalue weighted by Gasteiger charge is -2.67. The maximum atomic E-state index is 15.6. The normalized spacial score (nSPS) is 27.7. The minimum Gasteiger partial charge on any atom is -0.456 e. The second-order valence-corrected chi connectivity index (χ2v) is 24.6. The number of fused-ring (bicyclic) bond motifs is 5. The van der Waals surface area contributed by atoms with Crippen molar-refractivity contribution in [2.75, 3.05) is 18.5 Å². The summed E-state index contributed by atoms with van der Waals surface area (Å²) in [4.78, 5) is 73.2. The number of halogens is 1. The maximum absolute atomic E-state index is 15.6. The summed E-state index contributed by atoms with van der Waals surface area (Å²) >= 11 is 3.58. The van der Waals surface area contributed by atoms with Crippen LogP contribution >= 0.6 is 15.9 Å². The first-order valence-corrected chi connectivity index (χ1v) is 31.1. The third-order valence-corrected chi connectivity index (χ3v) is 18.8. The first-order chi connectivity index (χ1) is 38.8. The van der Waals surface area contributed by atoms with Crippen LogP contribution in [0.25, 0.3) is 0 Å².